The Morgan fingerprint density at radius 2 is 2.18 bits per heavy atom. The van der Waals surface area contributed by atoms with Crippen LogP contribution in [0.5, 0.6) is 0 Å². The van der Waals surface area contributed by atoms with Crippen LogP contribution in [-0.4, -0.2) is 30.1 Å². The molecule has 2 heterocycles. The Bertz CT molecular complexity index is 551. The van der Waals surface area contributed by atoms with Gasteiger partial charge in [-0.1, -0.05) is 6.07 Å². The standard InChI is InChI=1S/C10H12N4O2S/c15-17(16,10-4-6-12-14-10)13-7-3-9-2-1-5-11-8-9/h1-2,4-6,8,13H,3,7H2,(H,12,14). The van der Waals surface area contributed by atoms with Gasteiger partial charge in [-0.15, -0.1) is 0 Å². The SMILES string of the molecule is O=S(=O)(NCCc1cccnc1)c1ccn[nH]1. The van der Waals surface area contributed by atoms with Crippen LogP contribution in [0.1, 0.15) is 5.56 Å². The molecule has 0 aliphatic carbocycles. The predicted molar refractivity (Wildman–Crippen MR) is 61.7 cm³/mol. The van der Waals surface area contributed by atoms with Gasteiger partial charge >= 0.3 is 0 Å². The molecule has 0 unspecified atom stereocenters. The van der Waals surface area contributed by atoms with Gasteiger partial charge < -0.3 is 0 Å². The lowest BCUT2D eigenvalue weighted by Gasteiger charge is -2.04. The monoisotopic (exact) mass is 252 g/mol. The van der Waals surface area contributed by atoms with Gasteiger partial charge in [-0.3, -0.25) is 10.1 Å². The largest absolute Gasteiger partial charge is 0.266 e. The van der Waals surface area contributed by atoms with Crippen molar-refractivity contribution in [2.75, 3.05) is 6.54 Å². The van der Waals surface area contributed by atoms with E-state index in [1.807, 2.05) is 12.1 Å². The average Bonchev–Trinajstić information content (AvgIpc) is 2.84. The number of aromatic amines is 1. The number of aromatic nitrogens is 3. The zero-order valence-electron chi connectivity index (χ0n) is 9.00. The van der Waals surface area contributed by atoms with Gasteiger partial charge in [0.05, 0.1) is 6.20 Å². The van der Waals surface area contributed by atoms with Gasteiger partial charge in [0.2, 0.25) is 0 Å². The van der Waals surface area contributed by atoms with Crippen LogP contribution >= 0.6 is 0 Å². The van der Waals surface area contributed by atoms with Crippen molar-refractivity contribution in [1.82, 2.24) is 19.9 Å². The smallest absolute Gasteiger partial charge is 0.257 e. The van der Waals surface area contributed by atoms with E-state index in [4.69, 9.17) is 0 Å². The minimum Gasteiger partial charge on any atom is -0.266 e. The molecule has 7 heteroatoms. The van der Waals surface area contributed by atoms with E-state index in [-0.39, 0.29) is 5.03 Å². The van der Waals surface area contributed by atoms with Crippen molar-refractivity contribution in [2.24, 2.45) is 0 Å². The minimum atomic E-state index is -3.48. The van der Waals surface area contributed by atoms with Crippen molar-refractivity contribution < 1.29 is 8.42 Å². The van der Waals surface area contributed by atoms with Gasteiger partial charge in [0.1, 0.15) is 0 Å². The van der Waals surface area contributed by atoms with E-state index in [0.717, 1.165) is 5.56 Å². The van der Waals surface area contributed by atoms with Crippen LogP contribution in [0.2, 0.25) is 0 Å². The molecular formula is C10H12N4O2S. The molecule has 0 bridgehead atoms. The first-order valence-corrected chi connectivity index (χ1v) is 6.55. The van der Waals surface area contributed by atoms with Crippen LogP contribution in [0, 0.1) is 0 Å². The first-order chi connectivity index (χ1) is 8.18. The summed E-state index contributed by atoms with van der Waals surface area (Å²) in [7, 11) is -3.48. The van der Waals surface area contributed by atoms with Crippen molar-refractivity contribution in [3.63, 3.8) is 0 Å². The number of nitrogens with one attached hydrogen (secondary N) is 2. The van der Waals surface area contributed by atoms with Crippen LogP contribution in [0.4, 0.5) is 0 Å². The average molecular weight is 252 g/mol. The maximum absolute atomic E-state index is 11.7. The first kappa shape index (κ1) is 11.7. The Hall–Kier alpha value is -1.73. The van der Waals surface area contributed by atoms with E-state index in [1.54, 1.807) is 12.4 Å². The fraction of sp³-hybridized carbons (Fsp3) is 0.200. The molecule has 0 atom stereocenters. The van der Waals surface area contributed by atoms with Gasteiger partial charge in [-0.2, -0.15) is 5.10 Å². The fourth-order valence-corrected chi connectivity index (χ4v) is 2.29. The first-order valence-electron chi connectivity index (χ1n) is 5.06. The summed E-state index contributed by atoms with van der Waals surface area (Å²) in [6.07, 6.45) is 5.39. The zero-order valence-corrected chi connectivity index (χ0v) is 9.81. The summed E-state index contributed by atoms with van der Waals surface area (Å²) in [5.74, 6) is 0. The Labute approximate surface area is 99.1 Å². The molecule has 0 radical (unpaired) electrons. The Kier molecular flexibility index (Phi) is 3.50. The summed E-state index contributed by atoms with van der Waals surface area (Å²) < 4.78 is 25.9. The van der Waals surface area contributed by atoms with E-state index < -0.39 is 10.0 Å². The molecule has 2 aromatic rings. The Balaban J connectivity index is 1.91. The van der Waals surface area contributed by atoms with E-state index in [2.05, 4.69) is 19.9 Å². The molecule has 2 rings (SSSR count). The third-order valence-corrected chi connectivity index (χ3v) is 3.58. The molecular weight excluding hydrogens is 240 g/mol. The van der Waals surface area contributed by atoms with Crippen molar-refractivity contribution in [3.8, 4) is 0 Å². The highest BCUT2D eigenvalue weighted by Crippen LogP contribution is 2.02. The van der Waals surface area contributed by atoms with Crippen LogP contribution in [0.25, 0.3) is 0 Å². The number of hydrogen-bond donors (Lipinski definition) is 2. The normalized spacial score (nSPS) is 11.5. The highest BCUT2D eigenvalue weighted by Gasteiger charge is 2.14. The molecule has 0 fully saturated rings. The lowest BCUT2D eigenvalue weighted by Crippen LogP contribution is -2.26. The molecule has 6 nitrogen and oxygen atoms in total. The Morgan fingerprint density at radius 3 is 2.82 bits per heavy atom. The van der Waals surface area contributed by atoms with E-state index >= 15 is 0 Å². The quantitative estimate of drug-likeness (QED) is 0.802. The molecule has 0 amide bonds. The summed E-state index contributed by atoms with van der Waals surface area (Å²) in [5, 5.41) is 6.09. The third kappa shape index (κ3) is 3.11. The summed E-state index contributed by atoms with van der Waals surface area (Å²) in [6.45, 7) is 0.326. The second-order valence-corrected chi connectivity index (χ2v) is 5.17. The topological polar surface area (TPSA) is 87.7 Å². The fourth-order valence-electron chi connectivity index (χ4n) is 1.35. The predicted octanol–water partition coefficient (Wildman–Crippen LogP) is 0.326. The summed E-state index contributed by atoms with van der Waals surface area (Å²) >= 11 is 0. The molecule has 90 valence electrons. The molecule has 17 heavy (non-hydrogen) atoms. The van der Waals surface area contributed by atoms with Crippen molar-refractivity contribution in [3.05, 3.63) is 42.4 Å². The molecule has 0 saturated carbocycles. The van der Waals surface area contributed by atoms with Crippen molar-refractivity contribution >= 4 is 10.0 Å². The minimum absolute atomic E-state index is 0.0729. The highest BCUT2D eigenvalue weighted by molar-refractivity contribution is 7.89. The number of rotatable bonds is 5. The van der Waals surface area contributed by atoms with E-state index in [9.17, 15) is 8.42 Å². The molecule has 0 aliphatic rings. The lowest BCUT2D eigenvalue weighted by molar-refractivity contribution is 0.577. The van der Waals surface area contributed by atoms with E-state index in [0.29, 0.717) is 13.0 Å². The molecule has 0 aromatic carbocycles. The number of pyridine rings is 1. The molecule has 0 saturated heterocycles. The second kappa shape index (κ2) is 5.07. The second-order valence-electron chi connectivity index (χ2n) is 3.43. The summed E-state index contributed by atoms with van der Waals surface area (Å²) in [4.78, 5) is 3.96. The molecule has 0 aliphatic heterocycles. The van der Waals surface area contributed by atoms with Gasteiger partial charge in [-0.05, 0) is 24.1 Å². The molecule has 0 spiro atoms. The number of nitrogens with zero attached hydrogens (tertiary/aromatic N) is 2. The number of hydrogen-bond acceptors (Lipinski definition) is 4. The van der Waals surface area contributed by atoms with Crippen LogP contribution in [0.15, 0.2) is 41.8 Å². The van der Waals surface area contributed by atoms with Gasteiger partial charge in [0.15, 0.2) is 5.03 Å². The van der Waals surface area contributed by atoms with Gasteiger partial charge in [-0.25, -0.2) is 13.1 Å². The molecule has 2 N–H and O–H groups in total. The number of sulfonamides is 1. The van der Waals surface area contributed by atoms with Crippen molar-refractivity contribution in [1.29, 1.82) is 0 Å². The summed E-state index contributed by atoms with van der Waals surface area (Å²) in [6, 6.07) is 5.13. The van der Waals surface area contributed by atoms with Crippen LogP contribution in [0.3, 0.4) is 0 Å². The zero-order chi connectivity index (χ0) is 12.1. The third-order valence-electron chi connectivity index (χ3n) is 2.19. The van der Waals surface area contributed by atoms with Crippen LogP contribution in [-0.2, 0) is 16.4 Å². The summed E-state index contributed by atoms with van der Waals surface area (Å²) in [5.41, 5.74) is 0.986. The lowest BCUT2D eigenvalue weighted by atomic mass is 10.2. The maximum Gasteiger partial charge on any atom is 0.257 e. The highest BCUT2D eigenvalue weighted by atomic mass is 32.2. The Morgan fingerprint density at radius 1 is 1.29 bits per heavy atom. The van der Waals surface area contributed by atoms with Gasteiger partial charge in [0, 0.05) is 18.9 Å². The van der Waals surface area contributed by atoms with Gasteiger partial charge in [0.25, 0.3) is 10.0 Å². The maximum atomic E-state index is 11.7. The molecule has 2 aromatic heterocycles. The number of H-pyrrole nitrogens is 1. The van der Waals surface area contributed by atoms with Crippen molar-refractivity contribution in [2.45, 2.75) is 11.4 Å². The van der Waals surface area contributed by atoms with Crippen LogP contribution < -0.4 is 4.72 Å². The van der Waals surface area contributed by atoms with E-state index in [1.165, 1.54) is 12.3 Å².